The topological polar surface area (TPSA) is 41.5 Å². The Bertz CT molecular complexity index is 392. The van der Waals surface area contributed by atoms with E-state index in [1.165, 1.54) is 30.4 Å². The SMILES string of the molecule is CCCNC1CCCc2cc(OCCCO)ccc21. The second kappa shape index (κ2) is 7.51. The third kappa shape index (κ3) is 3.95. The van der Waals surface area contributed by atoms with Gasteiger partial charge in [0.25, 0.3) is 0 Å². The largest absolute Gasteiger partial charge is 0.493 e. The number of hydrogen-bond donors (Lipinski definition) is 2. The van der Waals surface area contributed by atoms with E-state index in [1.54, 1.807) is 0 Å². The van der Waals surface area contributed by atoms with Crippen molar-refractivity contribution >= 4 is 0 Å². The van der Waals surface area contributed by atoms with Gasteiger partial charge < -0.3 is 15.2 Å². The molecule has 2 rings (SSSR count). The summed E-state index contributed by atoms with van der Waals surface area (Å²) in [5.74, 6) is 0.934. The van der Waals surface area contributed by atoms with Gasteiger partial charge in [0.1, 0.15) is 5.75 Å². The van der Waals surface area contributed by atoms with Crippen molar-refractivity contribution in [3.63, 3.8) is 0 Å². The maximum absolute atomic E-state index is 8.77. The van der Waals surface area contributed by atoms with Gasteiger partial charge in [-0.05, 0) is 55.5 Å². The number of nitrogens with one attached hydrogen (secondary N) is 1. The Labute approximate surface area is 116 Å². The number of aryl methyl sites for hydroxylation is 1. The van der Waals surface area contributed by atoms with Gasteiger partial charge in [-0.25, -0.2) is 0 Å². The molecule has 0 bridgehead atoms. The van der Waals surface area contributed by atoms with Crippen LogP contribution >= 0.6 is 0 Å². The van der Waals surface area contributed by atoms with E-state index < -0.39 is 0 Å². The van der Waals surface area contributed by atoms with Crippen molar-refractivity contribution in [3.8, 4) is 5.75 Å². The van der Waals surface area contributed by atoms with Crippen LogP contribution in [0.5, 0.6) is 5.75 Å². The third-order valence-electron chi connectivity index (χ3n) is 3.64. The summed E-state index contributed by atoms with van der Waals surface area (Å²) in [6, 6.07) is 6.94. The van der Waals surface area contributed by atoms with E-state index in [0.717, 1.165) is 18.7 Å². The summed E-state index contributed by atoms with van der Waals surface area (Å²) in [6.07, 6.45) is 5.50. The maximum Gasteiger partial charge on any atom is 0.119 e. The highest BCUT2D eigenvalue weighted by Crippen LogP contribution is 2.32. The number of ether oxygens (including phenoxy) is 1. The first-order valence-corrected chi connectivity index (χ1v) is 7.45. The predicted octanol–water partition coefficient (Wildman–Crippen LogP) is 2.82. The monoisotopic (exact) mass is 263 g/mol. The van der Waals surface area contributed by atoms with Crippen LogP contribution in [0.1, 0.15) is 49.8 Å². The molecule has 1 atom stereocenters. The molecule has 1 aromatic carbocycles. The Kier molecular flexibility index (Phi) is 5.67. The minimum Gasteiger partial charge on any atom is -0.493 e. The highest BCUT2D eigenvalue weighted by atomic mass is 16.5. The van der Waals surface area contributed by atoms with Gasteiger partial charge in [-0.1, -0.05) is 13.0 Å². The van der Waals surface area contributed by atoms with Gasteiger partial charge in [0.2, 0.25) is 0 Å². The number of aliphatic hydroxyl groups excluding tert-OH is 1. The molecule has 1 aliphatic carbocycles. The molecular weight excluding hydrogens is 238 g/mol. The average molecular weight is 263 g/mol. The molecule has 3 heteroatoms. The smallest absolute Gasteiger partial charge is 0.119 e. The van der Waals surface area contributed by atoms with Crippen LogP contribution < -0.4 is 10.1 Å². The normalized spacial score (nSPS) is 18.1. The van der Waals surface area contributed by atoms with Gasteiger partial charge in [0.05, 0.1) is 6.61 Å². The minimum atomic E-state index is 0.188. The molecule has 106 valence electrons. The summed E-state index contributed by atoms with van der Waals surface area (Å²) in [7, 11) is 0. The van der Waals surface area contributed by atoms with E-state index in [1.807, 2.05) is 0 Å². The van der Waals surface area contributed by atoms with Gasteiger partial charge in [0, 0.05) is 19.1 Å². The molecule has 0 fully saturated rings. The fraction of sp³-hybridized carbons (Fsp3) is 0.625. The lowest BCUT2D eigenvalue weighted by Crippen LogP contribution is -2.25. The van der Waals surface area contributed by atoms with Gasteiger partial charge in [0.15, 0.2) is 0 Å². The second-order valence-corrected chi connectivity index (χ2v) is 5.19. The van der Waals surface area contributed by atoms with Crippen molar-refractivity contribution in [1.29, 1.82) is 0 Å². The molecule has 0 aromatic heterocycles. The predicted molar refractivity (Wildman–Crippen MR) is 77.6 cm³/mol. The Morgan fingerprint density at radius 1 is 1.42 bits per heavy atom. The zero-order valence-corrected chi connectivity index (χ0v) is 11.8. The molecule has 0 spiro atoms. The highest BCUT2D eigenvalue weighted by molar-refractivity contribution is 5.39. The Morgan fingerprint density at radius 3 is 3.11 bits per heavy atom. The number of fused-ring (bicyclic) bond motifs is 1. The van der Waals surface area contributed by atoms with Gasteiger partial charge in [-0.3, -0.25) is 0 Å². The molecule has 19 heavy (non-hydrogen) atoms. The van der Waals surface area contributed by atoms with E-state index in [-0.39, 0.29) is 6.61 Å². The van der Waals surface area contributed by atoms with E-state index in [0.29, 0.717) is 19.1 Å². The van der Waals surface area contributed by atoms with Gasteiger partial charge >= 0.3 is 0 Å². The minimum absolute atomic E-state index is 0.188. The zero-order chi connectivity index (χ0) is 13.5. The second-order valence-electron chi connectivity index (χ2n) is 5.19. The molecule has 0 amide bonds. The lowest BCUT2D eigenvalue weighted by Gasteiger charge is -2.27. The van der Waals surface area contributed by atoms with Crippen LogP contribution in [-0.4, -0.2) is 24.9 Å². The number of hydrogen-bond acceptors (Lipinski definition) is 3. The molecule has 0 aliphatic heterocycles. The highest BCUT2D eigenvalue weighted by Gasteiger charge is 2.19. The molecule has 1 aromatic rings. The zero-order valence-electron chi connectivity index (χ0n) is 11.8. The van der Waals surface area contributed by atoms with Crippen LogP contribution in [0, 0.1) is 0 Å². The van der Waals surface area contributed by atoms with Crippen molar-refractivity contribution in [1.82, 2.24) is 5.32 Å². The summed E-state index contributed by atoms with van der Waals surface area (Å²) in [5, 5.41) is 12.4. The van der Waals surface area contributed by atoms with Crippen LogP contribution in [0.4, 0.5) is 0 Å². The molecule has 1 aliphatic rings. The van der Waals surface area contributed by atoms with Crippen LogP contribution in [-0.2, 0) is 6.42 Å². The standard InChI is InChI=1S/C16H25NO2/c1-2-9-17-16-6-3-5-13-12-14(7-8-15(13)16)19-11-4-10-18/h7-8,12,16-18H,2-6,9-11H2,1H3. The number of rotatable bonds is 7. The molecule has 1 unspecified atom stereocenters. The van der Waals surface area contributed by atoms with Crippen LogP contribution in [0.15, 0.2) is 18.2 Å². The number of aliphatic hydroxyl groups is 1. The van der Waals surface area contributed by atoms with E-state index >= 15 is 0 Å². The molecule has 0 radical (unpaired) electrons. The fourth-order valence-corrected chi connectivity index (χ4v) is 2.67. The summed E-state index contributed by atoms with van der Waals surface area (Å²) in [6.45, 7) is 4.06. The summed E-state index contributed by atoms with van der Waals surface area (Å²) < 4.78 is 5.65. The third-order valence-corrected chi connectivity index (χ3v) is 3.64. The first kappa shape index (κ1) is 14.4. The van der Waals surface area contributed by atoms with E-state index in [2.05, 4.69) is 30.4 Å². The molecule has 0 saturated carbocycles. The maximum atomic E-state index is 8.77. The lowest BCUT2D eigenvalue weighted by molar-refractivity contribution is 0.233. The van der Waals surface area contributed by atoms with Crippen LogP contribution in [0.3, 0.4) is 0 Å². The van der Waals surface area contributed by atoms with E-state index in [4.69, 9.17) is 9.84 Å². The van der Waals surface area contributed by atoms with Gasteiger partial charge in [-0.15, -0.1) is 0 Å². The molecule has 0 heterocycles. The lowest BCUT2D eigenvalue weighted by atomic mass is 9.87. The first-order valence-electron chi connectivity index (χ1n) is 7.45. The summed E-state index contributed by atoms with van der Waals surface area (Å²) in [4.78, 5) is 0. The van der Waals surface area contributed by atoms with Crippen molar-refractivity contribution in [2.24, 2.45) is 0 Å². The van der Waals surface area contributed by atoms with E-state index in [9.17, 15) is 0 Å². The first-order chi connectivity index (χ1) is 9.35. The summed E-state index contributed by atoms with van der Waals surface area (Å²) >= 11 is 0. The molecule has 3 nitrogen and oxygen atoms in total. The molecule has 2 N–H and O–H groups in total. The van der Waals surface area contributed by atoms with Crippen LogP contribution in [0.25, 0.3) is 0 Å². The van der Waals surface area contributed by atoms with Crippen molar-refractivity contribution in [3.05, 3.63) is 29.3 Å². The Balaban J connectivity index is 2.02. The van der Waals surface area contributed by atoms with Gasteiger partial charge in [-0.2, -0.15) is 0 Å². The van der Waals surface area contributed by atoms with Crippen molar-refractivity contribution in [2.75, 3.05) is 19.8 Å². The summed E-state index contributed by atoms with van der Waals surface area (Å²) in [5.41, 5.74) is 2.86. The number of benzene rings is 1. The average Bonchev–Trinajstić information content (AvgIpc) is 2.45. The molecular formula is C16H25NO2. The quantitative estimate of drug-likeness (QED) is 0.743. The Hall–Kier alpha value is -1.06. The van der Waals surface area contributed by atoms with Crippen molar-refractivity contribution < 1.29 is 9.84 Å². The molecule has 0 saturated heterocycles. The fourth-order valence-electron chi connectivity index (χ4n) is 2.67. The van der Waals surface area contributed by atoms with Crippen molar-refractivity contribution in [2.45, 2.75) is 45.1 Å². The Morgan fingerprint density at radius 2 is 2.32 bits per heavy atom. The van der Waals surface area contributed by atoms with Crippen LogP contribution in [0.2, 0.25) is 0 Å².